The molecule has 1 atom stereocenters. The topological polar surface area (TPSA) is 75.5 Å². The fourth-order valence-corrected chi connectivity index (χ4v) is 4.70. The summed E-state index contributed by atoms with van der Waals surface area (Å²) in [5.41, 5.74) is 2.79. The zero-order chi connectivity index (χ0) is 21.9. The molecule has 31 heavy (non-hydrogen) atoms. The van der Waals surface area contributed by atoms with E-state index in [1.807, 2.05) is 24.3 Å². The van der Waals surface area contributed by atoms with Crippen molar-refractivity contribution in [2.75, 3.05) is 6.61 Å². The van der Waals surface area contributed by atoms with Gasteiger partial charge in [-0.2, -0.15) is 4.98 Å². The molecule has 1 fully saturated rings. The van der Waals surface area contributed by atoms with E-state index >= 15 is 0 Å². The fourth-order valence-electron chi connectivity index (χ4n) is 4.48. The number of hydrogen-bond donors (Lipinski definition) is 0. The molecule has 1 saturated heterocycles. The van der Waals surface area contributed by atoms with Crippen LogP contribution in [0.3, 0.4) is 0 Å². The van der Waals surface area contributed by atoms with Gasteiger partial charge in [-0.3, -0.25) is 18.3 Å². The largest absolute Gasteiger partial charge is 0.376 e. The third-order valence-corrected chi connectivity index (χ3v) is 6.50. The number of imidazole rings is 2. The number of rotatable bonds is 4. The molecule has 1 aliphatic heterocycles. The molecule has 0 bridgehead atoms. The molecule has 5 rings (SSSR count). The van der Waals surface area contributed by atoms with Crippen LogP contribution in [0.2, 0.25) is 5.02 Å². The van der Waals surface area contributed by atoms with Crippen LogP contribution >= 0.6 is 11.6 Å². The van der Waals surface area contributed by atoms with Gasteiger partial charge in [0.15, 0.2) is 11.2 Å². The van der Waals surface area contributed by atoms with Gasteiger partial charge in [0.25, 0.3) is 5.56 Å². The Hall–Kier alpha value is -2.84. The van der Waals surface area contributed by atoms with Crippen molar-refractivity contribution >= 4 is 28.5 Å². The molecular weight excluding hydrogens is 418 g/mol. The third-order valence-electron chi connectivity index (χ3n) is 6.27. The van der Waals surface area contributed by atoms with Crippen LogP contribution in [0, 0.1) is 13.8 Å². The minimum Gasteiger partial charge on any atom is -0.376 e. The summed E-state index contributed by atoms with van der Waals surface area (Å²) in [5.74, 6) is 0.660. The first-order valence-corrected chi connectivity index (χ1v) is 10.8. The van der Waals surface area contributed by atoms with Gasteiger partial charge in [-0.1, -0.05) is 23.7 Å². The molecule has 0 aliphatic carbocycles. The highest BCUT2D eigenvalue weighted by Gasteiger charge is 2.25. The van der Waals surface area contributed by atoms with Gasteiger partial charge in [-0.25, -0.2) is 4.79 Å². The van der Waals surface area contributed by atoms with E-state index in [0.29, 0.717) is 28.5 Å². The Balaban J connectivity index is 1.74. The molecule has 9 heteroatoms. The maximum atomic E-state index is 13.5. The predicted molar refractivity (Wildman–Crippen MR) is 119 cm³/mol. The molecule has 0 spiro atoms. The summed E-state index contributed by atoms with van der Waals surface area (Å²) in [7, 11) is 1.65. The highest BCUT2D eigenvalue weighted by atomic mass is 35.5. The van der Waals surface area contributed by atoms with Gasteiger partial charge in [0.1, 0.15) is 0 Å². The van der Waals surface area contributed by atoms with Crippen molar-refractivity contribution in [1.29, 1.82) is 0 Å². The summed E-state index contributed by atoms with van der Waals surface area (Å²) in [4.78, 5) is 31.3. The lowest BCUT2D eigenvalue weighted by atomic mass is 10.2. The molecule has 8 nitrogen and oxygen atoms in total. The van der Waals surface area contributed by atoms with Crippen LogP contribution in [0.4, 0.5) is 0 Å². The van der Waals surface area contributed by atoms with Gasteiger partial charge in [0.05, 0.1) is 19.2 Å². The number of nitrogens with zero attached hydrogens (tertiary/aromatic N) is 5. The zero-order valence-corrected chi connectivity index (χ0v) is 18.5. The number of ether oxygens (including phenoxy) is 1. The molecule has 3 aromatic heterocycles. The van der Waals surface area contributed by atoms with Crippen molar-refractivity contribution in [2.24, 2.45) is 7.05 Å². The standard InChI is InChI=1S/C22H24ClN5O3/c1-13-14(2)28-18-19(24-21(28)26(13)12-17-8-5-9-31-17)25(3)22(30)27(20(18)29)11-15-6-4-7-16(23)10-15/h4,6-7,10,17H,5,8-9,11-12H2,1-3H3/t17-/m1/s1. The molecule has 1 aliphatic rings. The van der Waals surface area contributed by atoms with E-state index in [0.717, 1.165) is 36.4 Å². The molecule has 4 aromatic rings. The van der Waals surface area contributed by atoms with Crippen LogP contribution < -0.4 is 11.2 Å². The van der Waals surface area contributed by atoms with Crippen molar-refractivity contribution in [3.63, 3.8) is 0 Å². The molecule has 0 radical (unpaired) electrons. The lowest BCUT2D eigenvalue weighted by Gasteiger charge is -2.12. The maximum absolute atomic E-state index is 13.5. The third kappa shape index (κ3) is 3.13. The van der Waals surface area contributed by atoms with Crippen molar-refractivity contribution < 1.29 is 4.74 Å². The number of fused-ring (bicyclic) bond motifs is 3. The second-order valence-corrected chi connectivity index (χ2v) is 8.64. The van der Waals surface area contributed by atoms with E-state index in [9.17, 15) is 9.59 Å². The molecule has 162 valence electrons. The normalized spacial score (nSPS) is 16.7. The van der Waals surface area contributed by atoms with E-state index in [2.05, 4.69) is 4.57 Å². The van der Waals surface area contributed by atoms with Crippen molar-refractivity contribution in [2.45, 2.75) is 45.9 Å². The summed E-state index contributed by atoms with van der Waals surface area (Å²) in [6.07, 6.45) is 2.20. The highest BCUT2D eigenvalue weighted by Crippen LogP contribution is 2.23. The van der Waals surface area contributed by atoms with Gasteiger partial charge >= 0.3 is 5.69 Å². The van der Waals surface area contributed by atoms with Gasteiger partial charge < -0.3 is 9.30 Å². The highest BCUT2D eigenvalue weighted by molar-refractivity contribution is 6.30. The van der Waals surface area contributed by atoms with Crippen LogP contribution in [-0.4, -0.2) is 35.8 Å². The molecule has 1 aromatic carbocycles. The van der Waals surface area contributed by atoms with Crippen LogP contribution in [0.15, 0.2) is 33.9 Å². The van der Waals surface area contributed by atoms with E-state index in [4.69, 9.17) is 21.3 Å². The minimum atomic E-state index is -0.404. The maximum Gasteiger partial charge on any atom is 0.332 e. The zero-order valence-electron chi connectivity index (χ0n) is 17.8. The number of halogens is 1. The van der Waals surface area contributed by atoms with Crippen molar-refractivity contribution in [3.05, 3.63) is 67.1 Å². The van der Waals surface area contributed by atoms with Crippen LogP contribution in [-0.2, 0) is 24.9 Å². The van der Waals surface area contributed by atoms with Gasteiger partial charge in [0.2, 0.25) is 5.78 Å². The summed E-state index contributed by atoms with van der Waals surface area (Å²) >= 11 is 6.09. The Labute approximate surface area is 183 Å². The second kappa shape index (κ2) is 7.39. The predicted octanol–water partition coefficient (Wildman–Crippen LogP) is 2.65. The molecule has 0 saturated carbocycles. The summed E-state index contributed by atoms with van der Waals surface area (Å²) in [5, 5.41) is 0.563. The lowest BCUT2D eigenvalue weighted by molar-refractivity contribution is 0.0974. The first-order valence-electron chi connectivity index (χ1n) is 10.4. The molecule has 0 unspecified atom stereocenters. The lowest BCUT2D eigenvalue weighted by Crippen LogP contribution is -2.39. The molecule has 0 N–H and O–H groups in total. The van der Waals surface area contributed by atoms with Gasteiger partial charge in [0, 0.05) is 30.1 Å². The van der Waals surface area contributed by atoms with Crippen LogP contribution in [0.1, 0.15) is 29.8 Å². The van der Waals surface area contributed by atoms with Crippen LogP contribution in [0.5, 0.6) is 0 Å². The van der Waals surface area contributed by atoms with Crippen molar-refractivity contribution in [3.8, 4) is 0 Å². The SMILES string of the molecule is Cc1c(C)n2c3c(=O)n(Cc4cccc(Cl)c4)c(=O)n(C)c3nc2n1C[C@H]1CCCO1. The number of benzene rings is 1. The second-order valence-electron chi connectivity index (χ2n) is 8.20. The Morgan fingerprint density at radius 2 is 2.00 bits per heavy atom. The van der Waals surface area contributed by atoms with E-state index in [1.54, 1.807) is 25.2 Å². The van der Waals surface area contributed by atoms with Crippen molar-refractivity contribution in [1.82, 2.24) is 23.1 Å². The first kappa shape index (κ1) is 20.1. The smallest absolute Gasteiger partial charge is 0.332 e. The Kier molecular flexibility index (Phi) is 4.79. The minimum absolute atomic E-state index is 0.136. The number of hydrogen-bond acceptors (Lipinski definition) is 4. The average Bonchev–Trinajstić information content (AvgIpc) is 3.44. The molecule has 0 amide bonds. The number of aryl methyl sites for hydroxylation is 2. The first-order chi connectivity index (χ1) is 14.9. The number of aromatic nitrogens is 5. The molecule has 4 heterocycles. The van der Waals surface area contributed by atoms with Gasteiger partial charge in [-0.05, 0) is 44.4 Å². The van der Waals surface area contributed by atoms with E-state index in [1.165, 1.54) is 9.13 Å². The Bertz CT molecular complexity index is 1440. The van der Waals surface area contributed by atoms with Gasteiger partial charge in [-0.15, -0.1) is 0 Å². The summed E-state index contributed by atoms with van der Waals surface area (Å²) in [6.45, 7) is 5.60. The monoisotopic (exact) mass is 441 g/mol. The summed E-state index contributed by atoms with van der Waals surface area (Å²) < 4.78 is 12.5. The molecular formula is C22H24ClN5O3. The fraction of sp³-hybridized carbons (Fsp3) is 0.409. The average molecular weight is 442 g/mol. The Morgan fingerprint density at radius 1 is 1.19 bits per heavy atom. The Morgan fingerprint density at radius 3 is 2.71 bits per heavy atom. The van der Waals surface area contributed by atoms with E-state index in [-0.39, 0.29) is 18.2 Å². The quantitative estimate of drug-likeness (QED) is 0.488. The summed E-state index contributed by atoms with van der Waals surface area (Å²) in [6, 6.07) is 7.18. The van der Waals surface area contributed by atoms with E-state index < -0.39 is 5.69 Å². The van der Waals surface area contributed by atoms with Crippen LogP contribution in [0.25, 0.3) is 16.9 Å².